The first-order chi connectivity index (χ1) is 15.3. The number of thiophene rings is 1. The van der Waals surface area contributed by atoms with E-state index in [4.69, 9.17) is 11.6 Å². The van der Waals surface area contributed by atoms with E-state index in [0.717, 1.165) is 23.0 Å². The molecule has 0 saturated heterocycles. The third-order valence-electron chi connectivity index (χ3n) is 5.11. The Bertz CT molecular complexity index is 1160. The fourth-order valence-corrected chi connectivity index (χ4v) is 5.48. The van der Waals surface area contributed by atoms with Crippen LogP contribution in [0.25, 0.3) is 0 Å². The molecule has 2 aromatic heterocycles. The lowest BCUT2D eigenvalue weighted by molar-refractivity contribution is -0.125. The van der Waals surface area contributed by atoms with E-state index < -0.39 is 17.6 Å². The number of nitrogens with one attached hydrogen (secondary N) is 2. The number of anilines is 1. The molecule has 1 aliphatic carbocycles. The molecule has 2 heterocycles. The minimum atomic E-state index is -0.749. The Labute approximate surface area is 196 Å². The summed E-state index contributed by atoms with van der Waals surface area (Å²) >= 11 is 8.56. The Hall–Kier alpha value is -2.62. The molecule has 0 fully saturated rings. The average Bonchev–Trinajstić information content (AvgIpc) is 3.37. The second-order valence-corrected chi connectivity index (χ2v) is 9.81. The van der Waals surface area contributed by atoms with E-state index >= 15 is 0 Å². The zero-order valence-electron chi connectivity index (χ0n) is 17.0. The molecule has 2 atom stereocenters. The number of thiazole rings is 1. The number of hydrogen-bond acceptors (Lipinski definition) is 6. The summed E-state index contributed by atoms with van der Waals surface area (Å²) < 4.78 is 14.0. The molecule has 0 saturated carbocycles. The Morgan fingerprint density at radius 1 is 1.31 bits per heavy atom. The summed E-state index contributed by atoms with van der Waals surface area (Å²) in [6.45, 7) is 1.93. The van der Waals surface area contributed by atoms with E-state index in [1.54, 1.807) is 11.3 Å². The first-order valence-electron chi connectivity index (χ1n) is 9.91. The van der Waals surface area contributed by atoms with Crippen LogP contribution in [0, 0.1) is 11.7 Å². The summed E-state index contributed by atoms with van der Waals surface area (Å²) in [5, 5.41) is 9.66. The number of fused-ring (bicyclic) bond motifs is 1. The van der Waals surface area contributed by atoms with Gasteiger partial charge < -0.3 is 5.32 Å². The first kappa shape index (κ1) is 22.6. The maximum Gasteiger partial charge on any atom is 0.261 e. The van der Waals surface area contributed by atoms with Gasteiger partial charge in [-0.1, -0.05) is 29.0 Å². The van der Waals surface area contributed by atoms with Crippen molar-refractivity contribution in [3.63, 3.8) is 0 Å². The quantitative estimate of drug-likeness (QED) is 0.521. The minimum Gasteiger partial charge on any atom is -0.353 e. The maximum absolute atomic E-state index is 14.0. The molecule has 32 heavy (non-hydrogen) atoms. The van der Waals surface area contributed by atoms with Gasteiger partial charge in [-0.05, 0) is 47.9 Å². The molecule has 0 unspecified atom stereocenters. The zero-order chi connectivity index (χ0) is 22.8. The van der Waals surface area contributed by atoms with E-state index in [-0.39, 0.29) is 39.9 Å². The van der Waals surface area contributed by atoms with Gasteiger partial charge >= 0.3 is 0 Å². The highest BCUT2D eigenvalue weighted by molar-refractivity contribution is 7.17. The first-order valence-corrected chi connectivity index (χ1v) is 12.0. The van der Waals surface area contributed by atoms with Crippen molar-refractivity contribution in [2.75, 3.05) is 5.32 Å². The number of nitrogens with zero attached hydrogens (tertiary/aromatic N) is 1. The van der Waals surface area contributed by atoms with Crippen molar-refractivity contribution in [2.24, 2.45) is 5.92 Å². The minimum absolute atomic E-state index is 0.0202. The third kappa shape index (κ3) is 4.90. The SMILES string of the molecule is C[C@@H](Cc1ccsc1)NC(=O)[C@H]1CC(=O)c2sc(NC(=O)c3c(F)cccc3Cl)nc2C1. The summed E-state index contributed by atoms with van der Waals surface area (Å²) in [4.78, 5) is 42.5. The molecule has 1 aromatic carbocycles. The van der Waals surface area contributed by atoms with Gasteiger partial charge in [-0.2, -0.15) is 11.3 Å². The molecule has 0 radical (unpaired) electrons. The molecule has 2 N–H and O–H groups in total. The fraction of sp³-hybridized carbons (Fsp3) is 0.273. The second-order valence-electron chi connectivity index (χ2n) is 7.62. The molecular weight excluding hydrogens is 473 g/mol. The van der Waals surface area contributed by atoms with Crippen molar-refractivity contribution in [3.05, 3.63) is 67.6 Å². The van der Waals surface area contributed by atoms with Gasteiger partial charge in [0.2, 0.25) is 5.91 Å². The number of Topliss-reactive ketones (excluding diaryl/α,β-unsaturated/α-hetero) is 1. The largest absolute Gasteiger partial charge is 0.353 e. The molecule has 1 aliphatic rings. The van der Waals surface area contributed by atoms with Crippen molar-refractivity contribution in [2.45, 2.75) is 32.2 Å². The van der Waals surface area contributed by atoms with Gasteiger partial charge in [0.25, 0.3) is 5.91 Å². The van der Waals surface area contributed by atoms with Gasteiger partial charge in [-0.25, -0.2) is 9.37 Å². The predicted molar refractivity (Wildman–Crippen MR) is 123 cm³/mol. The smallest absolute Gasteiger partial charge is 0.261 e. The third-order valence-corrected chi connectivity index (χ3v) is 7.22. The van der Waals surface area contributed by atoms with E-state index in [9.17, 15) is 18.8 Å². The van der Waals surface area contributed by atoms with Crippen LogP contribution in [0.1, 0.15) is 44.6 Å². The molecule has 0 aliphatic heterocycles. The van der Waals surface area contributed by atoms with Gasteiger partial charge in [-0.15, -0.1) is 0 Å². The molecule has 0 bridgehead atoms. The number of rotatable bonds is 6. The number of carbonyl (C=O) groups is 3. The molecule has 4 rings (SSSR count). The van der Waals surface area contributed by atoms with E-state index in [1.165, 1.54) is 12.1 Å². The normalized spacial score (nSPS) is 16.3. The summed E-state index contributed by atoms with van der Waals surface area (Å²) in [5.41, 5.74) is 1.33. The predicted octanol–water partition coefficient (Wildman–Crippen LogP) is 4.74. The number of benzene rings is 1. The average molecular weight is 492 g/mol. The Balaban J connectivity index is 1.43. The summed E-state index contributed by atoms with van der Waals surface area (Å²) in [6.07, 6.45) is 1.09. The Morgan fingerprint density at radius 2 is 2.12 bits per heavy atom. The van der Waals surface area contributed by atoms with Crippen LogP contribution < -0.4 is 10.6 Å². The van der Waals surface area contributed by atoms with Crippen LogP contribution in [-0.2, 0) is 17.6 Å². The lowest BCUT2D eigenvalue weighted by atomic mass is 9.89. The number of aromatic nitrogens is 1. The van der Waals surface area contributed by atoms with Crippen molar-refractivity contribution < 1.29 is 18.8 Å². The van der Waals surface area contributed by atoms with Gasteiger partial charge in [0.15, 0.2) is 10.9 Å². The van der Waals surface area contributed by atoms with Crippen LogP contribution in [0.5, 0.6) is 0 Å². The fourth-order valence-electron chi connectivity index (χ4n) is 3.62. The van der Waals surface area contributed by atoms with Crippen LogP contribution in [0.15, 0.2) is 35.0 Å². The Kier molecular flexibility index (Phi) is 6.68. The number of ketones is 1. The van der Waals surface area contributed by atoms with E-state index in [0.29, 0.717) is 23.4 Å². The van der Waals surface area contributed by atoms with Crippen LogP contribution >= 0.6 is 34.3 Å². The van der Waals surface area contributed by atoms with Gasteiger partial charge in [0, 0.05) is 18.9 Å². The highest BCUT2D eigenvalue weighted by Gasteiger charge is 2.33. The lowest BCUT2D eigenvalue weighted by Crippen LogP contribution is -2.41. The van der Waals surface area contributed by atoms with Crippen molar-refractivity contribution in [1.29, 1.82) is 0 Å². The van der Waals surface area contributed by atoms with Gasteiger partial charge in [0.1, 0.15) is 5.82 Å². The van der Waals surface area contributed by atoms with E-state index in [2.05, 4.69) is 15.6 Å². The van der Waals surface area contributed by atoms with Crippen LogP contribution in [0.4, 0.5) is 9.52 Å². The van der Waals surface area contributed by atoms with E-state index in [1.807, 2.05) is 23.8 Å². The molecule has 3 aromatic rings. The topological polar surface area (TPSA) is 88.2 Å². The van der Waals surface area contributed by atoms with Crippen LogP contribution in [0.2, 0.25) is 5.02 Å². The van der Waals surface area contributed by atoms with Crippen molar-refractivity contribution in [3.8, 4) is 0 Å². The van der Waals surface area contributed by atoms with Gasteiger partial charge in [0.05, 0.1) is 27.1 Å². The van der Waals surface area contributed by atoms with Crippen LogP contribution in [-0.4, -0.2) is 28.6 Å². The molecule has 166 valence electrons. The summed E-state index contributed by atoms with van der Waals surface area (Å²) in [7, 11) is 0. The van der Waals surface area contributed by atoms with Crippen molar-refractivity contribution >= 4 is 57.0 Å². The summed E-state index contributed by atoms with van der Waals surface area (Å²) in [6, 6.07) is 5.91. The second kappa shape index (κ2) is 9.48. The molecule has 2 amide bonds. The summed E-state index contributed by atoms with van der Waals surface area (Å²) in [5.74, 6) is -2.40. The number of halogens is 2. The highest BCUT2D eigenvalue weighted by atomic mass is 35.5. The standard InChI is InChI=1S/C22H19ClFN3O3S2/c1-11(7-12-5-6-31-10-12)25-20(29)13-8-16-19(17(28)9-13)32-22(26-16)27-21(30)18-14(23)3-2-4-15(18)24/h2-6,10-11,13H,7-9H2,1H3,(H,25,29)(H,26,27,30)/t11-,13+/m0/s1. The Morgan fingerprint density at radius 3 is 2.84 bits per heavy atom. The molecular formula is C22H19ClFN3O3S2. The molecule has 0 spiro atoms. The highest BCUT2D eigenvalue weighted by Crippen LogP contribution is 2.33. The maximum atomic E-state index is 14.0. The number of carbonyl (C=O) groups excluding carboxylic acids is 3. The zero-order valence-corrected chi connectivity index (χ0v) is 19.4. The molecule has 10 heteroatoms. The number of amides is 2. The van der Waals surface area contributed by atoms with Crippen molar-refractivity contribution in [1.82, 2.24) is 10.3 Å². The molecule has 6 nitrogen and oxygen atoms in total. The van der Waals surface area contributed by atoms with Gasteiger partial charge in [-0.3, -0.25) is 19.7 Å². The van der Waals surface area contributed by atoms with Crippen LogP contribution in [0.3, 0.4) is 0 Å². The number of hydrogen-bond donors (Lipinski definition) is 2. The monoisotopic (exact) mass is 491 g/mol. The lowest BCUT2D eigenvalue weighted by Gasteiger charge is -2.22.